The molecule has 0 bridgehead atoms. The number of carbonyl (C=O) groups excluding carboxylic acids is 2. The van der Waals surface area contributed by atoms with Crippen LogP contribution in [0.4, 0.5) is 5.13 Å². The van der Waals surface area contributed by atoms with Gasteiger partial charge in [-0.05, 0) is 36.4 Å². The summed E-state index contributed by atoms with van der Waals surface area (Å²) in [6.45, 7) is -0.349. The summed E-state index contributed by atoms with van der Waals surface area (Å²) in [7, 11) is 3.13. The normalized spacial score (nSPS) is 10.4. The fraction of sp³-hybridized carbons (Fsp3) is 0.150. The second-order valence-electron chi connectivity index (χ2n) is 5.95. The number of halogens is 1. The summed E-state index contributed by atoms with van der Waals surface area (Å²) in [4.78, 5) is 28.2. The minimum Gasteiger partial charge on any atom is -0.497 e. The number of thiazole rings is 1. The Morgan fingerprint density at radius 3 is 2.63 bits per heavy atom. The largest absolute Gasteiger partial charge is 0.497 e. The van der Waals surface area contributed by atoms with Gasteiger partial charge in [0, 0.05) is 16.0 Å². The van der Waals surface area contributed by atoms with E-state index in [1.807, 2.05) is 0 Å². The third-order valence-corrected chi connectivity index (χ3v) is 4.99. The molecule has 3 rings (SSSR count). The fourth-order valence-electron chi connectivity index (χ4n) is 2.59. The van der Waals surface area contributed by atoms with Gasteiger partial charge in [-0.1, -0.05) is 11.6 Å². The molecule has 1 heterocycles. The van der Waals surface area contributed by atoms with Gasteiger partial charge in [-0.15, -0.1) is 11.3 Å². The zero-order valence-electron chi connectivity index (χ0n) is 16.1. The molecule has 156 valence electrons. The predicted octanol–water partition coefficient (Wildman–Crippen LogP) is 3.60. The summed E-state index contributed by atoms with van der Waals surface area (Å²) in [5, 5.41) is 5.17. The van der Waals surface area contributed by atoms with E-state index in [0.29, 0.717) is 27.3 Å². The summed E-state index contributed by atoms with van der Waals surface area (Å²) in [6, 6.07) is 9.73. The topological polar surface area (TPSA) is 113 Å². The lowest BCUT2D eigenvalue weighted by Gasteiger charge is -2.10. The van der Waals surface area contributed by atoms with Crippen molar-refractivity contribution in [2.45, 2.75) is 0 Å². The first kappa shape index (κ1) is 21.4. The van der Waals surface area contributed by atoms with Crippen molar-refractivity contribution in [3.63, 3.8) is 0 Å². The third-order valence-electron chi connectivity index (χ3n) is 4.00. The monoisotopic (exact) mass is 447 g/mol. The Labute approximate surface area is 181 Å². The number of nitrogens with two attached hydrogens (primary N) is 1. The minimum absolute atomic E-state index is 0.131. The molecule has 2 aromatic carbocycles. The SMILES string of the molecule is COc1ccc(OC)c(-c2csc(NC(=O)COc3cc(Cl)ccc3C(N)=O)n2)c1. The number of ether oxygens (including phenoxy) is 3. The van der Waals surface area contributed by atoms with Gasteiger partial charge < -0.3 is 19.9 Å². The average Bonchev–Trinajstić information content (AvgIpc) is 3.19. The Morgan fingerprint density at radius 2 is 1.93 bits per heavy atom. The molecule has 0 saturated heterocycles. The van der Waals surface area contributed by atoms with E-state index in [0.717, 1.165) is 5.56 Å². The number of nitrogens with one attached hydrogen (secondary N) is 1. The van der Waals surface area contributed by atoms with Gasteiger partial charge in [0.05, 0.1) is 25.5 Å². The number of aromatic nitrogens is 1. The van der Waals surface area contributed by atoms with Gasteiger partial charge >= 0.3 is 0 Å². The van der Waals surface area contributed by atoms with Crippen LogP contribution in [-0.2, 0) is 4.79 Å². The van der Waals surface area contributed by atoms with Gasteiger partial charge in [-0.3, -0.25) is 14.9 Å². The van der Waals surface area contributed by atoms with Crippen LogP contribution in [0, 0.1) is 0 Å². The van der Waals surface area contributed by atoms with Crippen LogP contribution in [0.25, 0.3) is 11.3 Å². The lowest BCUT2D eigenvalue weighted by molar-refractivity contribution is -0.118. The molecule has 0 fully saturated rings. The highest BCUT2D eigenvalue weighted by Gasteiger charge is 2.15. The predicted molar refractivity (Wildman–Crippen MR) is 115 cm³/mol. The molecule has 0 spiro atoms. The highest BCUT2D eigenvalue weighted by atomic mass is 35.5. The zero-order valence-corrected chi connectivity index (χ0v) is 17.7. The molecule has 3 aromatic rings. The Balaban J connectivity index is 1.69. The van der Waals surface area contributed by atoms with Crippen molar-refractivity contribution in [3.8, 4) is 28.5 Å². The first-order chi connectivity index (χ1) is 14.4. The molecule has 0 atom stereocenters. The van der Waals surface area contributed by atoms with Crippen molar-refractivity contribution in [2.75, 3.05) is 26.1 Å². The number of methoxy groups -OCH3 is 2. The van der Waals surface area contributed by atoms with E-state index in [1.165, 1.54) is 29.5 Å². The Hall–Kier alpha value is -3.30. The van der Waals surface area contributed by atoms with E-state index in [9.17, 15) is 9.59 Å². The second kappa shape index (κ2) is 9.47. The average molecular weight is 448 g/mol. The Bertz CT molecular complexity index is 1090. The van der Waals surface area contributed by atoms with Gasteiger partial charge in [0.1, 0.15) is 17.2 Å². The smallest absolute Gasteiger partial charge is 0.264 e. The number of carbonyl (C=O) groups is 2. The number of primary amides is 1. The number of amides is 2. The highest BCUT2D eigenvalue weighted by molar-refractivity contribution is 7.14. The van der Waals surface area contributed by atoms with E-state index in [-0.39, 0.29) is 17.9 Å². The molecule has 8 nitrogen and oxygen atoms in total. The van der Waals surface area contributed by atoms with Gasteiger partial charge in [0.15, 0.2) is 11.7 Å². The van der Waals surface area contributed by atoms with Gasteiger partial charge in [-0.25, -0.2) is 4.98 Å². The molecular weight excluding hydrogens is 430 g/mol. The van der Waals surface area contributed by atoms with Crippen LogP contribution in [0.15, 0.2) is 41.8 Å². The quantitative estimate of drug-likeness (QED) is 0.545. The number of rotatable bonds is 8. The summed E-state index contributed by atoms with van der Waals surface area (Å²) in [5.74, 6) is 0.278. The van der Waals surface area contributed by atoms with Crippen LogP contribution in [0.3, 0.4) is 0 Å². The van der Waals surface area contributed by atoms with Gasteiger partial charge in [0.2, 0.25) is 0 Å². The summed E-state index contributed by atoms with van der Waals surface area (Å²) < 4.78 is 16.0. The number of hydrogen-bond acceptors (Lipinski definition) is 7. The maximum atomic E-state index is 12.3. The molecule has 30 heavy (non-hydrogen) atoms. The molecule has 1 aromatic heterocycles. The lowest BCUT2D eigenvalue weighted by Crippen LogP contribution is -2.21. The highest BCUT2D eigenvalue weighted by Crippen LogP contribution is 2.35. The van der Waals surface area contributed by atoms with Crippen molar-refractivity contribution in [2.24, 2.45) is 5.73 Å². The zero-order chi connectivity index (χ0) is 21.7. The molecule has 0 saturated carbocycles. The standard InChI is InChI=1S/C20H18ClN3O5S/c1-27-12-4-6-16(28-2)14(8-12)15-10-30-20(23-15)24-18(25)9-29-17-7-11(21)3-5-13(17)19(22)26/h3-8,10H,9H2,1-2H3,(H2,22,26)(H,23,24,25). The first-order valence-corrected chi connectivity index (χ1v) is 9.87. The number of nitrogens with zero attached hydrogens (tertiary/aromatic N) is 1. The van der Waals surface area contributed by atoms with Crippen LogP contribution in [0.2, 0.25) is 5.02 Å². The lowest BCUT2D eigenvalue weighted by atomic mass is 10.1. The van der Waals surface area contributed by atoms with E-state index >= 15 is 0 Å². The van der Waals surface area contributed by atoms with Crippen molar-refractivity contribution in [3.05, 3.63) is 52.4 Å². The van der Waals surface area contributed by atoms with Crippen molar-refractivity contribution >= 4 is 39.9 Å². The van der Waals surface area contributed by atoms with Crippen LogP contribution in [0.1, 0.15) is 10.4 Å². The molecule has 2 amide bonds. The van der Waals surface area contributed by atoms with Crippen LogP contribution in [-0.4, -0.2) is 37.6 Å². The summed E-state index contributed by atoms with van der Waals surface area (Å²) in [5.41, 5.74) is 6.79. The molecular formula is C20H18ClN3O5S. The molecule has 0 aliphatic heterocycles. The van der Waals surface area contributed by atoms with Crippen LogP contribution >= 0.6 is 22.9 Å². The second-order valence-corrected chi connectivity index (χ2v) is 7.24. The maximum Gasteiger partial charge on any atom is 0.264 e. The summed E-state index contributed by atoms with van der Waals surface area (Å²) in [6.07, 6.45) is 0. The van der Waals surface area contributed by atoms with E-state index < -0.39 is 11.8 Å². The van der Waals surface area contributed by atoms with E-state index in [2.05, 4.69) is 10.3 Å². The minimum atomic E-state index is -0.682. The third kappa shape index (κ3) is 5.00. The van der Waals surface area contributed by atoms with Crippen molar-refractivity contribution in [1.29, 1.82) is 0 Å². The van der Waals surface area contributed by atoms with E-state index in [4.69, 9.17) is 31.5 Å². The Morgan fingerprint density at radius 1 is 1.13 bits per heavy atom. The fourth-order valence-corrected chi connectivity index (χ4v) is 3.48. The molecule has 0 aliphatic carbocycles. The van der Waals surface area contributed by atoms with E-state index in [1.54, 1.807) is 37.8 Å². The number of benzene rings is 2. The number of hydrogen-bond donors (Lipinski definition) is 2. The molecule has 0 aliphatic rings. The van der Waals surface area contributed by atoms with Gasteiger partial charge in [0.25, 0.3) is 11.8 Å². The number of anilines is 1. The Kier molecular flexibility index (Phi) is 6.76. The molecule has 0 unspecified atom stereocenters. The summed E-state index contributed by atoms with van der Waals surface area (Å²) >= 11 is 7.16. The molecule has 10 heteroatoms. The molecule has 3 N–H and O–H groups in total. The first-order valence-electron chi connectivity index (χ1n) is 8.61. The maximum absolute atomic E-state index is 12.3. The molecule has 0 radical (unpaired) electrons. The van der Waals surface area contributed by atoms with Crippen molar-refractivity contribution in [1.82, 2.24) is 4.98 Å². The van der Waals surface area contributed by atoms with Gasteiger partial charge in [-0.2, -0.15) is 0 Å². The van der Waals surface area contributed by atoms with Crippen molar-refractivity contribution < 1.29 is 23.8 Å². The van der Waals surface area contributed by atoms with Crippen LogP contribution < -0.4 is 25.3 Å². The van der Waals surface area contributed by atoms with Crippen LogP contribution in [0.5, 0.6) is 17.2 Å².